The van der Waals surface area contributed by atoms with Crippen LogP contribution in [-0.4, -0.2) is 22.4 Å². The van der Waals surface area contributed by atoms with Crippen LogP contribution in [0.25, 0.3) is 0 Å². The number of thiophene rings is 1. The molecule has 1 aliphatic carbocycles. The van der Waals surface area contributed by atoms with Crippen molar-refractivity contribution < 1.29 is 9.59 Å². The van der Waals surface area contributed by atoms with Gasteiger partial charge in [0.15, 0.2) is 5.78 Å². The molecule has 2 aromatic heterocycles. The first-order valence-electron chi connectivity index (χ1n) is 8.50. The Labute approximate surface area is 161 Å². The topological polar surface area (TPSA) is 59.1 Å². The van der Waals surface area contributed by atoms with E-state index in [1.54, 1.807) is 41.4 Å². The van der Waals surface area contributed by atoms with E-state index in [4.69, 9.17) is 0 Å². The van der Waals surface area contributed by atoms with Gasteiger partial charge in [-0.05, 0) is 48.2 Å². The average Bonchev–Trinajstić information content (AvgIpc) is 3.17. The van der Waals surface area contributed by atoms with Crippen LogP contribution >= 0.6 is 23.1 Å². The van der Waals surface area contributed by atoms with Crippen molar-refractivity contribution in [3.05, 3.63) is 70.1 Å². The van der Waals surface area contributed by atoms with Crippen molar-refractivity contribution in [2.24, 2.45) is 0 Å². The Kier molecular flexibility index (Phi) is 6.80. The number of rotatable bonds is 8. The summed E-state index contributed by atoms with van der Waals surface area (Å²) in [6.45, 7) is 0.533. The second-order valence-corrected chi connectivity index (χ2v) is 8.01. The summed E-state index contributed by atoms with van der Waals surface area (Å²) in [5, 5.41) is 5.71. The van der Waals surface area contributed by atoms with E-state index < -0.39 is 0 Å². The minimum atomic E-state index is -0.0975. The van der Waals surface area contributed by atoms with Gasteiger partial charge in [0.05, 0.1) is 12.1 Å². The fourth-order valence-corrected chi connectivity index (χ4v) is 4.21. The molecule has 4 nitrogen and oxygen atoms in total. The van der Waals surface area contributed by atoms with Gasteiger partial charge in [-0.15, -0.1) is 23.1 Å². The number of hydrogen-bond acceptors (Lipinski definition) is 5. The number of nitrogens with one attached hydrogen (secondary N) is 1. The third-order valence-electron chi connectivity index (χ3n) is 3.92. The highest BCUT2D eigenvalue weighted by molar-refractivity contribution is 7.99. The third kappa shape index (κ3) is 5.41. The molecule has 0 bridgehead atoms. The number of hydrogen-bond donors (Lipinski definition) is 1. The smallest absolute Gasteiger partial charge is 0.254 e. The number of pyridine rings is 1. The Morgan fingerprint density at radius 1 is 1.31 bits per heavy atom. The molecule has 3 rings (SSSR count). The number of aromatic nitrogens is 1. The molecule has 2 heterocycles. The predicted octanol–water partition coefficient (Wildman–Crippen LogP) is 4.40. The van der Waals surface area contributed by atoms with Gasteiger partial charge in [-0.3, -0.25) is 9.59 Å². The van der Waals surface area contributed by atoms with E-state index in [1.807, 2.05) is 35.7 Å². The highest BCUT2D eigenvalue weighted by Gasteiger charge is 2.13. The minimum absolute atomic E-state index is 0.0975. The predicted molar refractivity (Wildman–Crippen MR) is 107 cm³/mol. The molecule has 1 amide bonds. The molecule has 0 aromatic carbocycles. The number of allylic oxidation sites excluding steroid dienone is 4. The molecule has 26 heavy (non-hydrogen) atoms. The van der Waals surface area contributed by atoms with Crippen molar-refractivity contribution >= 4 is 34.8 Å². The van der Waals surface area contributed by atoms with Crippen LogP contribution in [0.15, 0.2) is 64.7 Å². The molecule has 0 unspecified atom stereocenters. The van der Waals surface area contributed by atoms with Crippen molar-refractivity contribution in [3.8, 4) is 0 Å². The second-order valence-electron chi connectivity index (χ2n) is 5.90. The van der Waals surface area contributed by atoms with Crippen LogP contribution in [0.3, 0.4) is 0 Å². The Balaban J connectivity index is 1.50. The van der Waals surface area contributed by atoms with Crippen molar-refractivity contribution in [1.29, 1.82) is 0 Å². The molecule has 1 N–H and O–H groups in total. The Bertz CT molecular complexity index is 826. The first-order valence-corrected chi connectivity index (χ1v) is 10.4. The largest absolute Gasteiger partial charge is 0.347 e. The number of carbonyl (C=O) groups is 2. The molecular formula is C20H20N2O2S2. The first kappa shape index (κ1) is 18.6. The van der Waals surface area contributed by atoms with Gasteiger partial charge in [-0.25, -0.2) is 4.98 Å². The summed E-state index contributed by atoms with van der Waals surface area (Å²) < 4.78 is 0. The summed E-state index contributed by atoms with van der Waals surface area (Å²) in [4.78, 5) is 29.4. The standard InChI is InChI=1S/C20H20N2O2S2/c23-16-7-1-5-15(13-16)6-3-12-26-20-18(9-2-10-21-20)19(24)22-14-17-8-4-11-25-17/h1-2,4-5,7-11H,3,6,12-14H2,(H,22,24). The van der Waals surface area contributed by atoms with Crippen LogP contribution in [0.2, 0.25) is 0 Å². The maximum atomic E-state index is 12.5. The molecule has 0 saturated carbocycles. The number of thioether (sulfide) groups is 1. The summed E-state index contributed by atoms with van der Waals surface area (Å²) in [5.41, 5.74) is 1.79. The lowest BCUT2D eigenvalue weighted by molar-refractivity contribution is -0.114. The van der Waals surface area contributed by atoms with E-state index in [-0.39, 0.29) is 11.7 Å². The summed E-state index contributed by atoms with van der Waals surface area (Å²) in [7, 11) is 0. The highest BCUT2D eigenvalue weighted by atomic mass is 32.2. The van der Waals surface area contributed by atoms with Crippen LogP contribution in [0, 0.1) is 0 Å². The monoisotopic (exact) mass is 384 g/mol. The first-order chi connectivity index (χ1) is 12.7. The summed E-state index contributed by atoms with van der Waals surface area (Å²) in [6, 6.07) is 7.58. The minimum Gasteiger partial charge on any atom is -0.347 e. The zero-order valence-electron chi connectivity index (χ0n) is 14.3. The van der Waals surface area contributed by atoms with E-state index in [9.17, 15) is 9.59 Å². The molecule has 0 aliphatic heterocycles. The van der Waals surface area contributed by atoms with Crippen LogP contribution in [-0.2, 0) is 11.3 Å². The molecule has 0 spiro atoms. The molecule has 0 saturated heterocycles. The molecule has 1 aliphatic rings. The summed E-state index contributed by atoms with van der Waals surface area (Å²) >= 11 is 3.21. The number of nitrogens with zero attached hydrogens (tertiary/aromatic N) is 1. The van der Waals surface area contributed by atoms with Crippen LogP contribution < -0.4 is 5.32 Å². The van der Waals surface area contributed by atoms with Gasteiger partial charge in [0, 0.05) is 17.5 Å². The van der Waals surface area contributed by atoms with Gasteiger partial charge >= 0.3 is 0 Å². The van der Waals surface area contributed by atoms with Crippen molar-refractivity contribution in [3.63, 3.8) is 0 Å². The quantitative estimate of drug-likeness (QED) is 0.541. The van der Waals surface area contributed by atoms with Gasteiger partial charge in [-0.1, -0.05) is 23.8 Å². The zero-order chi connectivity index (χ0) is 18.2. The number of amides is 1. The fraction of sp³-hybridized carbons (Fsp3) is 0.250. The zero-order valence-corrected chi connectivity index (χ0v) is 15.9. The number of carbonyl (C=O) groups excluding carboxylic acids is 2. The van der Waals surface area contributed by atoms with E-state index >= 15 is 0 Å². The molecular weight excluding hydrogens is 364 g/mol. The van der Waals surface area contributed by atoms with E-state index in [1.165, 1.54) is 5.57 Å². The maximum absolute atomic E-state index is 12.5. The molecule has 2 aromatic rings. The van der Waals surface area contributed by atoms with Crippen molar-refractivity contribution in [1.82, 2.24) is 10.3 Å². The van der Waals surface area contributed by atoms with E-state index in [0.717, 1.165) is 28.5 Å². The van der Waals surface area contributed by atoms with Crippen LogP contribution in [0.1, 0.15) is 34.5 Å². The second kappa shape index (κ2) is 9.50. The van der Waals surface area contributed by atoms with Crippen molar-refractivity contribution in [2.45, 2.75) is 30.8 Å². The molecule has 134 valence electrons. The van der Waals surface area contributed by atoms with E-state index in [0.29, 0.717) is 18.5 Å². The summed E-state index contributed by atoms with van der Waals surface area (Å²) in [6.07, 6.45) is 9.56. The highest BCUT2D eigenvalue weighted by Crippen LogP contribution is 2.23. The van der Waals surface area contributed by atoms with Gasteiger partial charge in [0.25, 0.3) is 5.91 Å². The number of ketones is 1. The Morgan fingerprint density at radius 2 is 2.23 bits per heavy atom. The van der Waals surface area contributed by atoms with Crippen molar-refractivity contribution in [2.75, 3.05) is 5.75 Å². The van der Waals surface area contributed by atoms with Gasteiger partial charge < -0.3 is 5.32 Å². The third-order valence-corrected chi connectivity index (χ3v) is 5.88. The molecule has 0 radical (unpaired) electrons. The van der Waals surface area contributed by atoms with Crippen LogP contribution in [0.4, 0.5) is 0 Å². The normalized spacial score (nSPS) is 13.5. The Hall–Kier alpha value is -2.18. The summed E-state index contributed by atoms with van der Waals surface area (Å²) in [5.74, 6) is 0.932. The van der Waals surface area contributed by atoms with Gasteiger partial charge in [0.1, 0.15) is 5.03 Å². The molecule has 0 atom stereocenters. The van der Waals surface area contributed by atoms with Crippen LogP contribution in [0.5, 0.6) is 0 Å². The SMILES string of the molecule is O=C1C=CC=C(CCCSc2ncccc2C(=O)NCc2cccs2)C1. The maximum Gasteiger partial charge on any atom is 0.254 e. The lowest BCUT2D eigenvalue weighted by atomic mass is 10.0. The Morgan fingerprint density at radius 3 is 3.04 bits per heavy atom. The lowest BCUT2D eigenvalue weighted by Crippen LogP contribution is -2.23. The van der Waals surface area contributed by atoms with Gasteiger partial charge in [-0.2, -0.15) is 0 Å². The molecule has 0 fully saturated rings. The van der Waals surface area contributed by atoms with E-state index in [2.05, 4.69) is 10.3 Å². The molecule has 6 heteroatoms. The fourth-order valence-electron chi connectivity index (χ4n) is 2.63. The van der Waals surface area contributed by atoms with Gasteiger partial charge in [0.2, 0.25) is 0 Å². The lowest BCUT2D eigenvalue weighted by Gasteiger charge is -2.10. The average molecular weight is 385 g/mol.